The maximum absolute atomic E-state index is 13.0. The van der Waals surface area contributed by atoms with Gasteiger partial charge in [-0.05, 0) is 25.1 Å². The van der Waals surface area contributed by atoms with Crippen LogP contribution in [0.1, 0.15) is 18.3 Å². The van der Waals surface area contributed by atoms with E-state index < -0.39 is 12.0 Å². The molecule has 7 heteroatoms. The van der Waals surface area contributed by atoms with E-state index in [4.69, 9.17) is 0 Å². The van der Waals surface area contributed by atoms with Crippen molar-refractivity contribution in [1.82, 2.24) is 19.9 Å². The van der Waals surface area contributed by atoms with Gasteiger partial charge >= 0.3 is 6.18 Å². The van der Waals surface area contributed by atoms with Gasteiger partial charge in [-0.2, -0.15) is 13.2 Å². The molecule has 96 valence electrons. The fraction of sp³-hybridized carbons (Fsp3) is 0.455. The van der Waals surface area contributed by atoms with E-state index in [2.05, 4.69) is 15.3 Å². The maximum Gasteiger partial charge on any atom is 0.449 e. The summed E-state index contributed by atoms with van der Waals surface area (Å²) in [6.45, 7) is 1.24. The third-order valence-electron chi connectivity index (χ3n) is 3.10. The molecule has 1 unspecified atom stereocenters. The second kappa shape index (κ2) is 3.94. The molecule has 0 aliphatic carbocycles. The van der Waals surface area contributed by atoms with Crippen LogP contribution in [0.15, 0.2) is 18.3 Å². The molecule has 3 rings (SSSR count). The van der Waals surface area contributed by atoms with Crippen LogP contribution in [0.3, 0.4) is 0 Å². The highest BCUT2D eigenvalue weighted by Crippen LogP contribution is 2.34. The molecule has 0 amide bonds. The Morgan fingerprint density at radius 3 is 2.89 bits per heavy atom. The summed E-state index contributed by atoms with van der Waals surface area (Å²) < 4.78 is 40.2. The molecular formula is C11H11F3N4. The summed E-state index contributed by atoms with van der Waals surface area (Å²) in [6.07, 6.45) is -2.31. The van der Waals surface area contributed by atoms with E-state index in [-0.39, 0.29) is 11.6 Å². The number of halogens is 3. The van der Waals surface area contributed by atoms with E-state index in [0.717, 1.165) is 0 Å². The van der Waals surface area contributed by atoms with Crippen molar-refractivity contribution in [3.8, 4) is 0 Å². The molecule has 1 N–H and O–H groups in total. The third kappa shape index (κ3) is 1.74. The number of nitrogens with zero attached hydrogens (tertiary/aromatic N) is 3. The van der Waals surface area contributed by atoms with Gasteiger partial charge in [-0.3, -0.25) is 0 Å². The molecule has 0 aromatic carbocycles. The molecule has 1 saturated heterocycles. The average Bonchev–Trinajstić information content (AvgIpc) is 2.94. The summed E-state index contributed by atoms with van der Waals surface area (Å²) in [5.41, 5.74) is 0.593. The van der Waals surface area contributed by atoms with E-state index in [0.29, 0.717) is 25.2 Å². The summed E-state index contributed by atoms with van der Waals surface area (Å²) >= 11 is 0. The number of nitrogens with one attached hydrogen (secondary N) is 1. The van der Waals surface area contributed by atoms with Crippen LogP contribution >= 0.6 is 0 Å². The normalized spacial score (nSPS) is 20.7. The Bertz CT molecular complexity index is 569. The molecule has 1 fully saturated rings. The molecular weight excluding hydrogens is 245 g/mol. The Hall–Kier alpha value is -1.63. The van der Waals surface area contributed by atoms with Crippen LogP contribution in [0.2, 0.25) is 0 Å². The second-order valence-electron chi connectivity index (χ2n) is 4.30. The molecule has 2 aromatic rings. The predicted molar refractivity (Wildman–Crippen MR) is 59.1 cm³/mol. The second-order valence-corrected chi connectivity index (χ2v) is 4.30. The van der Waals surface area contributed by atoms with E-state index in [1.807, 2.05) is 0 Å². The Balaban J connectivity index is 2.24. The Labute approximate surface area is 101 Å². The number of pyridine rings is 1. The minimum absolute atomic E-state index is 0.235. The highest BCUT2D eigenvalue weighted by Gasteiger charge is 2.40. The zero-order valence-corrected chi connectivity index (χ0v) is 9.41. The number of aromatic nitrogens is 3. The minimum atomic E-state index is -4.46. The zero-order chi connectivity index (χ0) is 12.8. The first kappa shape index (κ1) is 11.5. The molecule has 0 radical (unpaired) electrons. The van der Waals surface area contributed by atoms with Crippen molar-refractivity contribution in [2.24, 2.45) is 0 Å². The molecule has 1 aliphatic heterocycles. The number of fused-ring (bicyclic) bond motifs is 1. The Kier molecular flexibility index (Phi) is 2.51. The monoisotopic (exact) mass is 256 g/mol. The molecule has 18 heavy (non-hydrogen) atoms. The third-order valence-corrected chi connectivity index (χ3v) is 3.10. The van der Waals surface area contributed by atoms with Gasteiger partial charge in [0.25, 0.3) is 0 Å². The number of alkyl halides is 3. The van der Waals surface area contributed by atoms with E-state index >= 15 is 0 Å². The van der Waals surface area contributed by atoms with Gasteiger partial charge in [0.2, 0.25) is 5.82 Å². The fourth-order valence-electron chi connectivity index (χ4n) is 2.34. The van der Waals surface area contributed by atoms with Gasteiger partial charge in [0.05, 0.1) is 6.04 Å². The summed E-state index contributed by atoms with van der Waals surface area (Å²) in [5, 5.41) is 3.06. The molecule has 4 nitrogen and oxygen atoms in total. The summed E-state index contributed by atoms with van der Waals surface area (Å²) in [5.74, 6) is -0.857. The lowest BCUT2D eigenvalue weighted by molar-refractivity contribution is -0.147. The van der Waals surface area contributed by atoms with Crippen LogP contribution in [-0.2, 0) is 6.18 Å². The average molecular weight is 256 g/mol. The molecule has 0 bridgehead atoms. The van der Waals surface area contributed by atoms with Gasteiger partial charge in [0.1, 0.15) is 5.52 Å². The van der Waals surface area contributed by atoms with Gasteiger partial charge < -0.3 is 9.88 Å². The minimum Gasteiger partial charge on any atom is -0.315 e. The van der Waals surface area contributed by atoms with Crippen LogP contribution in [0, 0.1) is 0 Å². The molecule has 1 aliphatic rings. The number of hydrogen-bond donors (Lipinski definition) is 1. The Morgan fingerprint density at radius 2 is 2.22 bits per heavy atom. The first-order chi connectivity index (χ1) is 8.57. The van der Waals surface area contributed by atoms with Crippen molar-refractivity contribution in [3.05, 3.63) is 24.2 Å². The first-order valence-corrected chi connectivity index (χ1v) is 5.68. The van der Waals surface area contributed by atoms with Gasteiger partial charge in [0.15, 0.2) is 5.65 Å². The largest absolute Gasteiger partial charge is 0.449 e. The molecule has 2 aromatic heterocycles. The summed E-state index contributed by atoms with van der Waals surface area (Å²) in [6, 6.07) is 2.91. The van der Waals surface area contributed by atoms with Gasteiger partial charge in [-0.25, -0.2) is 9.97 Å². The van der Waals surface area contributed by atoms with Crippen LogP contribution in [0.5, 0.6) is 0 Å². The lowest BCUT2D eigenvalue weighted by atomic mass is 10.2. The first-order valence-electron chi connectivity index (χ1n) is 5.68. The zero-order valence-electron chi connectivity index (χ0n) is 9.41. The number of rotatable bonds is 1. The Morgan fingerprint density at radius 1 is 1.39 bits per heavy atom. The van der Waals surface area contributed by atoms with Crippen molar-refractivity contribution in [3.63, 3.8) is 0 Å². The van der Waals surface area contributed by atoms with Crippen molar-refractivity contribution in [2.75, 3.05) is 13.1 Å². The lowest BCUT2D eigenvalue weighted by Gasteiger charge is -2.16. The van der Waals surface area contributed by atoms with E-state index in [1.165, 1.54) is 10.8 Å². The molecule has 0 spiro atoms. The highest BCUT2D eigenvalue weighted by atomic mass is 19.4. The van der Waals surface area contributed by atoms with E-state index in [9.17, 15) is 13.2 Å². The van der Waals surface area contributed by atoms with Gasteiger partial charge in [0, 0.05) is 12.7 Å². The van der Waals surface area contributed by atoms with Gasteiger partial charge in [-0.1, -0.05) is 0 Å². The van der Waals surface area contributed by atoms with Crippen molar-refractivity contribution < 1.29 is 13.2 Å². The van der Waals surface area contributed by atoms with Crippen molar-refractivity contribution in [2.45, 2.75) is 18.6 Å². The molecule has 1 atom stereocenters. The number of imidazole rings is 1. The molecule has 3 heterocycles. The van der Waals surface area contributed by atoms with Crippen molar-refractivity contribution >= 4 is 11.2 Å². The topological polar surface area (TPSA) is 42.7 Å². The highest BCUT2D eigenvalue weighted by molar-refractivity contribution is 5.71. The maximum atomic E-state index is 13.0. The van der Waals surface area contributed by atoms with E-state index in [1.54, 1.807) is 12.1 Å². The smallest absolute Gasteiger partial charge is 0.315 e. The summed E-state index contributed by atoms with van der Waals surface area (Å²) in [4.78, 5) is 7.71. The standard InChI is InChI=1S/C11H11F3N4/c12-11(13,14)10-17-8-2-1-4-16-9(8)18(10)7-3-5-15-6-7/h1-2,4,7,15H,3,5-6H2. The summed E-state index contributed by atoms with van der Waals surface area (Å²) in [7, 11) is 0. The quantitative estimate of drug-likeness (QED) is 0.848. The molecule has 0 saturated carbocycles. The fourth-order valence-corrected chi connectivity index (χ4v) is 2.34. The lowest BCUT2D eigenvalue weighted by Crippen LogP contribution is -2.21. The van der Waals surface area contributed by atoms with Crippen LogP contribution in [-0.4, -0.2) is 27.6 Å². The van der Waals surface area contributed by atoms with Crippen LogP contribution < -0.4 is 5.32 Å². The SMILES string of the molecule is FC(F)(F)c1nc2cccnc2n1C1CCNC1. The van der Waals surface area contributed by atoms with Crippen LogP contribution in [0.4, 0.5) is 13.2 Å². The van der Waals surface area contributed by atoms with Crippen LogP contribution in [0.25, 0.3) is 11.2 Å². The van der Waals surface area contributed by atoms with Gasteiger partial charge in [-0.15, -0.1) is 0 Å². The van der Waals surface area contributed by atoms with Crippen molar-refractivity contribution in [1.29, 1.82) is 0 Å². The number of hydrogen-bond acceptors (Lipinski definition) is 3. The predicted octanol–water partition coefficient (Wildman–Crippen LogP) is 1.98.